The van der Waals surface area contributed by atoms with E-state index < -0.39 is 15.8 Å². The van der Waals surface area contributed by atoms with Crippen LogP contribution in [0.3, 0.4) is 0 Å². The third-order valence-corrected chi connectivity index (χ3v) is 4.53. The Bertz CT molecular complexity index is 539. The molecular formula is C9H14N4O4S. The molecule has 1 fully saturated rings. The van der Waals surface area contributed by atoms with Crippen molar-refractivity contribution in [2.45, 2.75) is 19.0 Å². The highest BCUT2D eigenvalue weighted by atomic mass is 32.2. The van der Waals surface area contributed by atoms with E-state index in [9.17, 15) is 13.2 Å². The van der Waals surface area contributed by atoms with Gasteiger partial charge in [0.15, 0.2) is 15.5 Å². The first kappa shape index (κ1) is 13.0. The summed E-state index contributed by atoms with van der Waals surface area (Å²) in [5.74, 6) is -0.710. The van der Waals surface area contributed by atoms with Crippen LogP contribution in [0.1, 0.15) is 16.9 Å². The van der Waals surface area contributed by atoms with Crippen LogP contribution in [-0.2, 0) is 16.4 Å². The minimum absolute atomic E-state index is 0.0162. The minimum atomic E-state index is -2.87. The zero-order chi connectivity index (χ0) is 13.2. The molecule has 1 atom stereocenters. The van der Waals surface area contributed by atoms with E-state index in [-0.39, 0.29) is 23.2 Å². The van der Waals surface area contributed by atoms with Crippen LogP contribution in [0.5, 0.6) is 0 Å². The fraction of sp³-hybridized carbons (Fsp3) is 0.667. The SMILES string of the molecule is O=C(O)c1cn(CCNC2CCS(=O)(=O)C2)nn1. The maximum atomic E-state index is 11.2. The number of sulfone groups is 1. The molecule has 2 N–H and O–H groups in total. The number of carboxylic acid groups (broad SMARTS) is 1. The van der Waals surface area contributed by atoms with Crippen LogP contribution in [0.4, 0.5) is 0 Å². The molecular weight excluding hydrogens is 260 g/mol. The molecule has 1 aromatic rings. The Hall–Kier alpha value is -1.48. The van der Waals surface area contributed by atoms with Gasteiger partial charge in [0.1, 0.15) is 0 Å². The lowest BCUT2D eigenvalue weighted by Crippen LogP contribution is -2.32. The second-order valence-corrected chi connectivity index (χ2v) is 6.45. The fourth-order valence-corrected chi connectivity index (χ4v) is 3.55. The monoisotopic (exact) mass is 274 g/mol. The van der Waals surface area contributed by atoms with Crippen LogP contribution in [0, 0.1) is 0 Å². The highest BCUT2D eigenvalue weighted by Crippen LogP contribution is 2.10. The summed E-state index contributed by atoms with van der Waals surface area (Å²) in [7, 11) is -2.87. The van der Waals surface area contributed by atoms with Crippen molar-refractivity contribution in [3.8, 4) is 0 Å². The molecule has 0 spiro atoms. The molecule has 0 aromatic carbocycles. The summed E-state index contributed by atoms with van der Waals surface area (Å²) in [6.07, 6.45) is 1.97. The van der Waals surface area contributed by atoms with Crippen LogP contribution < -0.4 is 5.32 Å². The van der Waals surface area contributed by atoms with Gasteiger partial charge in [0.05, 0.1) is 24.2 Å². The third kappa shape index (κ3) is 3.26. The lowest BCUT2D eigenvalue weighted by Gasteiger charge is -2.09. The number of hydrogen-bond donors (Lipinski definition) is 2. The number of hydrogen-bond acceptors (Lipinski definition) is 6. The number of carbonyl (C=O) groups is 1. The summed E-state index contributed by atoms with van der Waals surface area (Å²) in [6.45, 7) is 0.986. The van der Waals surface area contributed by atoms with Crippen molar-refractivity contribution in [1.29, 1.82) is 0 Å². The van der Waals surface area contributed by atoms with Crippen molar-refractivity contribution in [3.63, 3.8) is 0 Å². The van der Waals surface area contributed by atoms with Crippen molar-refractivity contribution < 1.29 is 18.3 Å². The van der Waals surface area contributed by atoms with E-state index >= 15 is 0 Å². The van der Waals surface area contributed by atoms with Crippen molar-refractivity contribution in [2.75, 3.05) is 18.1 Å². The predicted molar refractivity (Wildman–Crippen MR) is 62.0 cm³/mol. The van der Waals surface area contributed by atoms with Crippen LogP contribution in [0.2, 0.25) is 0 Å². The van der Waals surface area contributed by atoms with E-state index in [1.807, 2.05) is 0 Å². The summed E-state index contributed by atoms with van der Waals surface area (Å²) in [5.41, 5.74) is -0.0987. The topological polar surface area (TPSA) is 114 Å². The Labute approximate surface area is 104 Å². The van der Waals surface area contributed by atoms with Crippen LogP contribution in [-0.4, -0.2) is 58.6 Å². The lowest BCUT2D eigenvalue weighted by atomic mass is 10.3. The summed E-state index contributed by atoms with van der Waals surface area (Å²) < 4.78 is 23.9. The summed E-state index contributed by atoms with van der Waals surface area (Å²) >= 11 is 0. The molecule has 8 nitrogen and oxygen atoms in total. The first-order valence-electron chi connectivity index (χ1n) is 5.53. The highest BCUT2D eigenvalue weighted by molar-refractivity contribution is 7.91. The van der Waals surface area contributed by atoms with E-state index in [2.05, 4.69) is 15.6 Å². The second-order valence-electron chi connectivity index (χ2n) is 4.23. The standard InChI is InChI=1S/C9H14N4O4S/c14-9(15)8-5-13(12-11-8)3-2-10-7-1-4-18(16,17)6-7/h5,7,10H,1-4,6H2,(H,14,15). The Morgan fingerprint density at radius 1 is 1.61 bits per heavy atom. The van der Waals surface area contributed by atoms with Gasteiger partial charge in [0.2, 0.25) is 0 Å². The van der Waals surface area contributed by atoms with Crippen molar-refractivity contribution in [2.24, 2.45) is 0 Å². The molecule has 9 heteroatoms. The molecule has 1 aromatic heterocycles. The lowest BCUT2D eigenvalue weighted by molar-refractivity contribution is 0.0690. The maximum Gasteiger partial charge on any atom is 0.358 e. The first-order valence-corrected chi connectivity index (χ1v) is 7.36. The van der Waals surface area contributed by atoms with Gasteiger partial charge < -0.3 is 10.4 Å². The summed E-state index contributed by atoms with van der Waals surface area (Å²) in [4.78, 5) is 10.6. The third-order valence-electron chi connectivity index (χ3n) is 2.76. The van der Waals surface area contributed by atoms with Crippen LogP contribution in [0.25, 0.3) is 0 Å². The number of nitrogens with one attached hydrogen (secondary N) is 1. The van der Waals surface area contributed by atoms with Gasteiger partial charge in [-0.25, -0.2) is 13.2 Å². The number of rotatable bonds is 5. The Kier molecular flexibility index (Phi) is 3.62. The Morgan fingerprint density at radius 2 is 2.39 bits per heavy atom. The minimum Gasteiger partial charge on any atom is -0.476 e. The van der Waals surface area contributed by atoms with E-state index in [0.717, 1.165) is 0 Å². The van der Waals surface area contributed by atoms with Gasteiger partial charge in [-0.2, -0.15) is 0 Å². The fourth-order valence-electron chi connectivity index (χ4n) is 1.84. The van der Waals surface area contributed by atoms with Gasteiger partial charge in [-0.3, -0.25) is 4.68 Å². The van der Waals surface area contributed by atoms with Crippen LogP contribution in [0.15, 0.2) is 6.20 Å². The first-order chi connectivity index (χ1) is 8.46. The molecule has 1 saturated heterocycles. The normalized spacial score (nSPS) is 22.1. The smallest absolute Gasteiger partial charge is 0.358 e. The average Bonchev–Trinajstić information content (AvgIpc) is 2.86. The molecule has 2 heterocycles. The molecule has 0 aliphatic carbocycles. The molecule has 1 aliphatic rings. The highest BCUT2D eigenvalue weighted by Gasteiger charge is 2.27. The van der Waals surface area contributed by atoms with E-state index in [4.69, 9.17) is 5.11 Å². The number of nitrogens with zero attached hydrogens (tertiary/aromatic N) is 3. The van der Waals surface area contributed by atoms with E-state index in [1.165, 1.54) is 10.9 Å². The van der Waals surface area contributed by atoms with E-state index in [0.29, 0.717) is 19.5 Å². The van der Waals surface area contributed by atoms with Gasteiger partial charge in [-0.05, 0) is 6.42 Å². The largest absolute Gasteiger partial charge is 0.476 e. The zero-order valence-corrected chi connectivity index (χ0v) is 10.4. The molecule has 0 radical (unpaired) electrons. The predicted octanol–water partition coefficient (Wildman–Crippen LogP) is -1.25. The average molecular weight is 274 g/mol. The van der Waals surface area contributed by atoms with Crippen molar-refractivity contribution in [1.82, 2.24) is 20.3 Å². The van der Waals surface area contributed by atoms with Gasteiger partial charge in [0, 0.05) is 12.6 Å². The molecule has 100 valence electrons. The second kappa shape index (κ2) is 5.02. The number of aromatic nitrogens is 3. The van der Waals surface area contributed by atoms with Crippen LogP contribution >= 0.6 is 0 Å². The van der Waals surface area contributed by atoms with E-state index in [1.54, 1.807) is 0 Å². The maximum absolute atomic E-state index is 11.2. The van der Waals surface area contributed by atoms with Crippen molar-refractivity contribution in [3.05, 3.63) is 11.9 Å². The Balaban J connectivity index is 1.77. The molecule has 1 unspecified atom stereocenters. The van der Waals surface area contributed by atoms with Gasteiger partial charge in [-0.15, -0.1) is 5.10 Å². The summed E-state index contributed by atoms with van der Waals surface area (Å²) in [6, 6.07) is -0.0162. The molecule has 18 heavy (non-hydrogen) atoms. The molecule has 0 bridgehead atoms. The van der Waals surface area contributed by atoms with Gasteiger partial charge in [0.25, 0.3) is 0 Å². The number of carboxylic acids is 1. The molecule has 2 rings (SSSR count). The molecule has 1 aliphatic heterocycles. The summed E-state index contributed by atoms with van der Waals surface area (Å²) in [5, 5.41) is 18.9. The zero-order valence-electron chi connectivity index (χ0n) is 9.61. The van der Waals surface area contributed by atoms with Gasteiger partial charge in [-0.1, -0.05) is 5.21 Å². The number of aromatic carboxylic acids is 1. The Morgan fingerprint density at radius 3 is 2.94 bits per heavy atom. The molecule has 0 amide bonds. The molecule has 0 saturated carbocycles. The van der Waals surface area contributed by atoms with Crippen molar-refractivity contribution >= 4 is 15.8 Å². The quantitative estimate of drug-likeness (QED) is 0.689. The van der Waals surface area contributed by atoms with Gasteiger partial charge >= 0.3 is 5.97 Å².